The molecule has 3 fully saturated rings. The molecular weight excluding hydrogens is 260 g/mol. The molecule has 3 rings (SSSR count). The van der Waals surface area contributed by atoms with Crippen molar-refractivity contribution in [1.82, 2.24) is 9.80 Å². The summed E-state index contributed by atoms with van der Waals surface area (Å²) in [5, 5.41) is 0. The summed E-state index contributed by atoms with van der Waals surface area (Å²) in [5.74, 6) is 3.05. The Hall–Kier alpha value is -0.260. The third-order valence-electron chi connectivity index (χ3n) is 4.56. The Morgan fingerprint density at radius 2 is 2.00 bits per heavy atom. The minimum Gasteiger partial charge on any atom is -0.381 e. The molecule has 0 aromatic rings. The second kappa shape index (κ2) is 6.46. The number of hydrogen-bond donors (Lipinski definition) is 0. The van der Waals surface area contributed by atoms with Crippen LogP contribution in [0.3, 0.4) is 0 Å². The smallest absolute Gasteiger partial charge is 0.228 e. The van der Waals surface area contributed by atoms with Gasteiger partial charge in [-0.2, -0.15) is 11.8 Å². The van der Waals surface area contributed by atoms with Crippen molar-refractivity contribution in [2.24, 2.45) is 5.92 Å². The van der Waals surface area contributed by atoms with Gasteiger partial charge in [-0.1, -0.05) is 0 Å². The number of piperazine rings is 1. The molecule has 108 valence electrons. The lowest BCUT2D eigenvalue weighted by Gasteiger charge is -2.39. The van der Waals surface area contributed by atoms with Crippen LogP contribution >= 0.6 is 11.8 Å². The molecule has 0 aromatic heterocycles. The van der Waals surface area contributed by atoms with E-state index in [2.05, 4.69) is 21.6 Å². The van der Waals surface area contributed by atoms with E-state index in [1.165, 1.54) is 17.9 Å². The summed E-state index contributed by atoms with van der Waals surface area (Å²) in [6.07, 6.45) is 3.38. The van der Waals surface area contributed by atoms with Crippen molar-refractivity contribution >= 4 is 17.7 Å². The van der Waals surface area contributed by atoms with E-state index < -0.39 is 0 Å². The van der Waals surface area contributed by atoms with Crippen LogP contribution in [0.15, 0.2) is 0 Å². The first-order chi connectivity index (χ1) is 9.34. The molecule has 19 heavy (non-hydrogen) atoms. The fourth-order valence-corrected chi connectivity index (χ4v) is 4.57. The SMILES string of the molecule is O=C(C1CCCOC1)N1CCN(C2CCSC2)CC1. The summed E-state index contributed by atoms with van der Waals surface area (Å²) >= 11 is 2.07. The molecule has 3 aliphatic rings. The maximum Gasteiger partial charge on any atom is 0.228 e. The highest BCUT2D eigenvalue weighted by atomic mass is 32.2. The fourth-order valence-electron chi connectivity index (χ4n) is 3.31. The highest BCUT2D eigenvalue weighted by Gasteiger charge is 2.31. The van der Waals surface area contributed by atoms with Crippen LogP contribution in [-0.4, -0.2) is 72.6 Å². The zero-order chi connectivity index (χ0) is 13.1. The van der Waals surface area contributed by atoms with Gasteiger partial charge in [0.2, 0.25) is 5.91 Å². The lowest BCUT2D eigenvalue weighted by atomic mass is 10.00. The van der Waals surface area contributed by atoms with Gasteiger partial charge in [0.05, 0.1) is 12.5 Å². The largest absolute Gasteiger partial charge is 0.381 e. The quantitative estimate of drug-likeness (QED) is 0.759. The number of ether oxygens (including phenoxy) is 1. The first kappa shape index (κ1) is 13.7. The molecule has 0 aromatic carbocycles. The molecule has 0 spiro atoms. The molecule has 4 nitrogen and oxygen atoms in total. The standard InChI is InChI=1S/C14H24N2O2S/c17-14(12-2-1-8-18-10-12)16-6-4-15(5-7-16)13-3-9-19-11-13/h12-13H,1-11H2. The Morgan fingerprint density at radius 3 is 2.63 bits per heavy atom. The van der Waals surface area contributed by atoms with E-state index in [1.807, 2.05) is 0 Å². The lowest BCUT2D eigenvalue weighted by molar-refractivity contribution is -0.141. The van der Waals surface area contributed by atoms with Crippen molar-refractivity contribution in [3.63, 3.8) is 0 Å². The van der Waals surface area contributed by atoms with Crippen molar-refractivity contribution in [3.8, 4) is 0 Å². The number of nitrogens with zero attached hydrogens (tertiary/aromatic N) is 2. The van der Waals surface area contributed by atoms with Crippen LogP contribution in [-0.2, 0) is 9.53 Å². The van der Waals surface area contributed by atoms with Crippen LogP contribution in [0.1, 0.15) is 19.3 Å². The van der Waals surface area contributed by atoms with E-state index in [0.717, 1.165) is 51.7 Å². The Balaban J connectivity index is 1.47. The van der Waals surface area contributed by atoms with E-state index in [9.17, 15) is 4.79 Å². The normalized spacial score (nSPS) is 33.6. The van der Waals surface area contributed by atoms with Crippen molar-refractivity contribution in [1.29, 1.82) is 0 Å². The monoisotopic (exact) mass is 284 g/mol. The Bertz CT molecular complexity index is 307. The van der Waals surface area contributed by atoms with Gasteiger partial charge in [0.1, 0.15) is 0 Å². The van der Waals surface area contributed by atoms with Gasteiger partial charge in [-0.05, 0) is 25.0 Å². The molecule has 3 aliphatic heterocycles. The number of rotatable bonds is 2. The average molecular weight is 284 g/mol. The van der Waals surface area contributed by atoms with Crippen LogP contribution in [0.2, 0.25) is 0 Å². The van der Waals surface area contributed by atoms with E-state index in [4.69, 9.17) is 4.74 Å². The van der Waals surface area contributed by atoms with E-state index in [0.29, 0.717) is 12.5 Å². The summed E-state index contributed by atoms with van der Waals surface area (Å²) in [4.78, 5) is 17.1. The van der Waals surface area contributed by atoms with Crippen molar-refractivity contribution in [2.45, 2.75) is 25.3 Å². The predicted octanol–water partition coefficient (Wildman–Crippen LogP) is 1.06. The van der Waals surface area contributed by atoms with E-state index in [-0.39, 0.29) is 5.92 Å². The summed E-state index contributed by atoms with van der Waals surface area (Å²) in [7, 11) is 0. The van der Waals surface area contributed by atoms with Gasteiger partial charge in [-0.3, -0.25) is 9.69 Å². The Labute approximate surface area is 119 Å². The molecule has 0 radical (unpaired) electrons. The predicted molar refractivity (Wildman–Crippen MR) is 77.4 cm³/mol. The van der Waals surface area contributed by atoms with Crippen LogP contribution in [0.5, 0.6) is 0 Å². The van der Waals surface area contributed by atoms with Crippen LogP contribution in [0.4, 0.5) is 0 Å². The lowest BCUT2D eigenvalue weighted by Crippen LogP contribution is -2.53. The van der Waals surface area contributed by atoms with Crippen LogP contribution in [0.25, 0.3) is 0 Å². The molecule has 0 bridgehead atoms. The van der Waals surface area contributed by atoms with Gasteiger partial charge >= 0.3 is 0 Å². The van der Waals surface area contributed by atoms with Gasteiger partial charge in [-0.15, -0.1) is 0 Å². The summed E-state index contributed by atoms with van der Waals surface area (Å²) < 4.78 is 5.44. The second-order valence-electron chi connectivity index (χ2n) is 5.79. The van der Waals surface area contributed by atoms with E-state index >= 15 is 0 Å². The topological polar surface area (TPSA) is 32.8 Å². The first-order valence-corrected chi connectivity index (χ1v) is 8.68. The second-order valence-corrected chi connectivity index (χ2v) is 6.94. The minimum atomic E-state index is 0.127. The molecule has 3 saturated heterocycles. The molecule has 1 amide bonds. The molecule has 0 saturated carbocycles. The Morgan fingerprint density at radius 1 is 1.16 bits per heavy atom. The molecular formula is C14H24N2O2S. The fraction of sp³-hybridized carbons (Fsp3) is 0.929. The summed E-state index contributed by atoms with van der Waals surface area (Å²) in [6.45, 7) is 5.41. The van der Waals surface area contributed by atoms with Crippen molar-refractivity contribution in [2.75, 3.05) is 50.9 Å². The van der Waals surface area contributed by atoms with Gasteiger partial charge in [0, 0.05) is 44.6 Å². The third-order valence-corrected chi connectivity index (χ3v) is 5.70. The molecule has 2 unspecified atom stereocenters. The van der Waals surface area contributed by atoms with E-state index in [1.54, 1.807) is 0 Å². The zero-order valence-corrected chi connectivity index (χ0v) is 12.4. The number of hydrogen-bond acceptors (Lipinski definition) is 4. The van der Waals surface area contributed by atoms with Gasteiger partial charge in [0.25, 0.3) is 0 Å². The maximum absolute atomic E-state index is 12.4. The highest BCUT2D eigenvalue weighted by molar-refractivity contribution is 7.99. The van der Waals surface area contributed by atoms with Crippen LogP contribution in [0, 0.1) is 5.92 Å². The maximum atomic E-state index is 12.4. The summed E-state index contributed by atoms with van der Waals surface area (Å²) in [6, 6.07) is 0.764. The Kier molecular flexibility index (Phi) is 4.66. The first-order valence-electron chi connectivity index (χ1n) is 7.53. The van der Waals surface area contributed by atoms with Gasteiger partial charge in [0.15, 0.2) is 0 Å². The number of carbonyl (C=O) groups excluding carboxylic acids is 1. The van der Waals surface area contributed by atoms with Gasteiger partial charge < -0.3 is 9.64 Å². The number of carbonyl (C=O) groups is 1. The van der Waals surface area contributed by atoms with Gasteiger partial charge in [-0.25, -0.2) is 0 Å². The van der Waals surface area contributed by atoms with Crippen LogP contribution < -0.4 is 0 Å². The van der Waals surface area contributed by atoms with Crippen molar-refractivity contribution < 1.29 is 9.53 Å². The molecule has 5 heteroatoms. The van der Waals surface area contributed by atoms with Crippen molar-refractivity contribution in [3.05, 3.63) is 0 Å². The summed E-state index contributed by atoms with van der Waals surface area (Å²) in [5.41, 5.74) is 0. The zero-order valence-electron chi connectivity index (χ0n) is 11.6. The third kappa shape index (κ3) is 3.26. The molecule has 3 heterocycles. The number of amides is 1. The average Bonchev–Trinajstić information content (AvgIpc) is 3.02. The molecule has 0 N–H and O–H groups in total. The number of thioether (sulfide) groups is 1. The highest BCUT2D eigenvalue weighted by Crippen LogP contribution is 2.24. The molecule has 2 atom stereocenters. The minimum absolute atomic E-state index is 0.127. The molecule has 0 aliphatic carbocycles.